The van der Waals surface area contributed by atoms with E-state index in [4.69, 9.17) is 10.5 Å². The van der Waals surface area contributed by atoms with Crippen LogP contribution in [0.4, 0.5) is 30.6 Å². The van der Waals surface area contributed by atoms with Gasteiger partial charge >= 0.3 is 6.18 Å². The van der Waals surface area contributed by atoms with Crippen LogP contribution in [0, 0.1) is 0 Å². The zero-order chi connectivity index (χ0) is 21.9. The van der Waals surface area contributed by atoms with Crippen molar-refractivity contribution in [1.29, 1.82) is 0 Å². The van der Waals surface area contributed by atoms with Gasteiger partial charge in [-0.1, -0.05) is 45.1 Å². The number of nitrogen functional groups attached to an aromatic ring is 1. The molecule has 30 heavy (non-hydrogen) atoms. The van der Waals surface area contributed by atoms with Crippen molar-refractivity contribution in [2.24, 2.45) is 0 Å². The molecule has 1 heterocycles. The fraction of sp³-hybridized carbons (Fsp3) is 0.364. The lowest BCUT2D eigenvalue weighted by Gasteiger charge is -2.19. The van der Waals surface area contributed by atoms with Gasteiger partial charge in [0.15, 0.2) is 0 Å². The number of allylic oxidation sites excluding steroid dienone is 2. The minimum absolute atomic E-state index is 0.0366. The first kappa shape index (κ1) is 21.7. The van der Waals surface area contributed by atoms with Gasteiger partial charge in [-0.15, -0.1) is 0 Å². The summed E-state index contributed by atoms with van der Waals surface area (Å²) in [5, 5.41) is 3.12. The Morgan fingerprint density at radius 2 is 1.80 bits per heavy atom. The largest absolute Gasteiger partial charge is 0.473 e. The summed E-state index contributed by atoms with van der Waals surface area (Å²) in [6.45, 7) is 6.14. The Labute approximate surface area is 173 Å². The summed E-state index contributed by atoms with van der Waals surface area (Å²) >= 11 is 0. The van der Waals surface area contributed by atoms with E-state index >= 15 is 0 Å². The second kappa shape index (κ2) is 8.38. The van der Waals surface area contributed by atoms with Crippen LogP contribution in [0.3, 0.4) is 0 Å². The Morgan fingerprint density at radius 3 is 2.43 bits per heavy atom. The molecule has 5 nitrogen and oxygen atoms in total. The van der Waals surface area contributed by atoms with Crippen molar-refractivity contribution < 1.29 is 17.9 Å². The molecule has 3 rings (SSSR count). The van der Waals surface area contributed by atoms with Crippen molar-refractivity contribution in [1.82, 2.24) is 9.97 Å². The summed E-state index contributed by atoms with van der Waals surface area (Å²) in [5.41, 5.74) is 7.30. The van der Waals surface area contributed by atoms with Gasteiger partial charge in [-0.05, 0) is 41.5 Å². The maximum absolute atomic E-state index is 13.2. The number of rotatable bonds is 5. The highest BCUT2D eigenvalue weighted by Crippen LogP contribution is 2.35. The molecule has 0 amide bonds. The molecule has 0 spiro atoms. The Balaban J connectivity index is 1.74. The summed E-state index contributed by atoms with van der Waals surface area (Å²) in [4.78, 5) is 8.09. The van der Waals surface area contributed by atoms with E-state index in [0.717, 1.165) is 5.69 Å². The number of nitrogens with one attached hydrogen (secondary N) is 1. The molecule has 1 aromatic heterocycles. The zero-order valence-electron chi connectivity index (χ0n) is 17.2. The Kier molecular flexibility index (Phi) is 6.05. The molecule has 0 saturated carbocycles. The molecule has 3 N–H and O–H groups in total. The first-order valence-electron chi connectivity index (χ1n) is 9.63. The van der Waals surface area contributed by atoms with Crippen LogP contribution in [-0.4, -0.2) is 22.8 Å². The van der Waals surface area contributed by atoms with E-state index in [-0.39, 0.29) is 35.8 Å². The van der Waals surface area contributed by atoms with Crippen LogP contribution in [0.1, 0.15) is 39.2 Å². The highest BCUT2D eigenvalue weighted by Gasteiger charge is 2.36. The molecule has 0 aliphatic heterocycles. The van der Waals surface area contributed by atoms with Gasteiger partial charge in [0.25, 0.3) is 0 Å². The SMILES string of the molecule is CC(C)(C)c1ccc(Nc2cc(OCC3=C(C(F)(F)F)CCC=C3)nc(N)n2)cc1. The molecule has 160 valence electrons. The fourth-order valence-electron chi connectivity index (χ4n) is 3.11. The summed E-state index contributed by atoms with van der Waals surface area (Å²) in [5.74, 6) is 0.458. The predicted octanol–water partition coefficient (Wildman–Crippen LogP) is 5.69. The molecule has 0 fully saturated rings. The van der Waals surface area contributed by atoms with Crippen molar-refractivity contribution in [2.75, 3.05) is 17.7 Å². The molecule has 1 aliphatic carbocycles. The van der Waals surface area contributed by atoms with Gasteiger partial charge in [0.1, 0.15) is 12.4 Å². The number of nitrogens with zero attached hydrogens (tertiary/aromatic N) is 2. The van der Waals surface area contributed by atoms with E-state index in [2.05, 4.69) is 36.1 Å². The zero-order valence-corrected chi connectivity index (χ0v) is 17.2. The third-order valence-electron chi connectivity index (χ3n) is 4.73. The predicted molar refractivity (Wildman–Crippen MR) is 112 cm³/mol. The minimum atomic E-state index is -4.37. The number of anilines is 3. The van der Waals surface area contributed by atoms with E-state index < -0.39 is 11.7 Å². The molecule has 0 saturated heterocycles. The van der Waals surface area contributed by atoms with Gasteiger partial charge in [0.2, 0.25) is 11.8 Å². The summed E-state index contributed by atoms with van der Waals surface area (Å²) in [6.07, 6.45) is -0.910. The molecule has 1 aliphatic rings. The summed E-state index contributed by atoms with van der Waals surface area (Å²) < 4.78 is 45.1. The molecule has 0 unspecified atom stereocenters. The smallest absolute Gasteiger partial charge is 0.413 e. The number of alkyl halides is 3. The average molecular weight is 418 g/mol. The Morgan fingerprint density at radius 1 is 1.10 bits per heavy atom. The van der Waals surface area contributed by atoms with E-state index in [9.17, 15) is 13.2 Å². The number of hydrogen-bond donors (Lipinski definition) is 2. The van der Waals surface area contributed by atoms with Crippen LogP contribution >= 0.6 is 0 Å². The molecule has 8 heteroatoms. The third-order valence-corrected chi connectivity index (χ3v) is 4.73. The summed E-state index contributed by atoms with van der Waals surface area (Å²) in [7, 11) is 0. The standard InChI is InChI=1S/C22H25F3N4O/c1-21(2,3)15-8-10-16(11-9-15)27-18-12-19(29-20(26)28-18)30-13-14-6-4-5-7-17(14)22(23,24)25/h4,6,8-12H,5,7,13H2,1-3H3,(H3,26,27,28,29). The molecular formula is C22H25F3N4O. The maximum atomic E-state index is 13.2. The highest BCUT2D eigenvalue weighted by atomic mass is 19.4. The third kappa shape index (κ3) is 5.52. The normalized spacial score (nSPS) is 14.7. The second-order valence-electron chi connectivity index (χ2n) is 8.13. The monoisotopic (exact) mass is 418 g/mol. The quantitative estimate of drug-likeness (QED) is 0.653. The van der Waals surface area contributed by atoms with Crippen LogP contribution in [0.25, 0.3) is 0 Å². The van der Waals surface area contributed by atoms with Crippen molar-refractivity contribution in [3.8, 4) is 5.88 Å². The number of halogens is 3. The van der Waals surface area contributed by atoms with Crippen LogP contribution < -0.4 is 15.8 Å². The molecule has 0 radical (unpaired) electrons. The van der Waals surface area contributed by atoms with E-state index in [0.29, 0.717) is 12.2 Å². The molecule has 2 aromatic rings. The van der Waals surface area contributed by atoms with Gasteiger partial charge < -0.3 is 15.8 Å². The van der Waals surface area contributed by atoms with Crippen molar-refractivity contribution in [2.45, 2.75) is 45.2 Å². The Bertz CT molecular complexity index is 958. The number of ether oxygens (including phenoxy) is 1. The number of hydrogen-bond acceptors (Lipinski definition) is 5. The average Bonchev–Trinajstić information content (AvgIpc) is 2.65. The minimum Gasteiger partial charge on any atom is -0.473 e. The fourth-order valence-corrected chi connectivity index (χ4v) is 3.11. The number of aromatic nitrogens is 2. The van der Waals surface area contributed by atoms with Gasteiger partial charge in [0.05, 0.1) is 0 Å². The van der Waals surface area contributed by atoms with Gasteiger partial charge in [-0.25, -0.2) is 0 Å². The molecular weight excluding hydrogens is 393 g/mol. The first-order chi connectivity index (χ1) is 14.0. The van der Waals surface area contributed by atoms with Crippen molar-refractivity contribution in [3.63, 3.8) is 0 Å². The van der Waals surface area contributed by atoms with Crippen molar-refractivity contribution in [3.05, 3.63) is 59.2 Å². The number of nitrogens with two attached hydrogens (primary N) is 1. The lowest BCUT2D eigenvalue weighted by atomic mass is 9.87. The van der Waals surface area contributed by atoms with Crippen molar-refractivity contribution >= 4 is 17.5 Å². The molecule has 0 bridgehead atoms. The van der Waals surface area contributed by atoms with Crippen LogP contribution in [0.15, 0.2) is 53.6 Å². The van der Waals surface area contributed by atoms with Crippen LogP contribution in [0.5, 0.6) is 5.88 Å². The second-order valence-corrected chi connectivity index (χ2v) is 8.13. The lowest BCUT2D eigenvalue weighted by molar-refractivity contribution is -0.0951. The first-order valence-corrected chi connectivity index (χ1v) is 9.63. The van der Waals surface area contributed by atoms with Crippen LogP contribution in [0.2, 0.25) is 0 Å². The van der Waals surface area contributed by atoms with E-state index in [1.54, 1.807) is 6.08 Å². The molecule has 0 atom stereocenters. The number of benzene rings is 1. The summed E-state index contributed by atoms with van der Waals surface area (Å²) in [6, 6.07) is 9.39. The maximum Gasteiger partial charge on any atom is 0.413 e. The van der Waals surface area contributed by atoms with Crippen LogP contribution in [-0.2, 0) is 5.41 Å². The highest BCUT2D eigenvalue weighted by molar-refractivity contribution is 5.58. The van der Waals surface area contributed by atoms with Gasteiger partial charge in [-0.3, -0.25) is 0 Å². The van der Waals surface area contributed by atoms with Gasteiger partial charge in [0, 0.05) is 17.3 Å². The topological polar surface area (TPSA) is 73.1 Å². The van der Waals surface area contributed by atoms with Gasteiger partial charge in [-0.2, -0.15) is 23.1 Å². The van der Waals surface area contributed by atoms with E-state index in [1.165, 1.54) is 17.7 Å². The van der Waals surface area contributed by atoms with E-state index in [1.807, 2.05) is 24.3 Å². The lowest BCUT2D eigenvalue weighted by Crippen LogP contribution is -2.18. The Hall–Kier alpha value is -3.03. The molecule has 1 aromatic carbocycles.